The zero-order valence-electron chi connectivity index (χ0n) is 9.99. The molecule has 2 nitrogen and oxygen atoms in total. The minimum atomic E-state index is -0.303. The van der Waals surface area contributed by atoms with Crippen molar-refractivity contribution in [1.29, 1.82) is 0 Å². The van der Waals surface area contributed by atoms with Crippen molar-refractivity contribution < 1.29 is 9.53 Å². The molecule has 0 radical (unpaired) electrons. The summed E-state index contributed by atoms with van der Waals surface area (Å²) in [5, 5.41) is 0. The van der Waals surface area contributed by atoms with Gasteiger partial charge in [0.15, 0.2) is 0 Å². The van der Waals surface area contributed by atoms with Gasteiger partial charge in [-0.2, -0.15) is 0 Å². The molecule has 0 fully saturated rings. The van der Waals surface area contributed by atoms with Gasteiger partial charge in [0, 0.05) is 6.08 Å². The maximum Gasteiger partial charge on any atom is 0.330 e. The zero-order valence-corrected chi connectivity index (χ0v) is 9.99. The Balaban J connectivity index is 0.000000921. The van der Waals surface area contributed by atoms with Gasteiger partial charge >= 0.3 is 5.97 Å². The third-order valence-electron chi connectivity index (χ3n) is 1.94. The summed E-state index contributed by atoms with van der Waals surface area (Å²) in [5.74, 6) is 0.255. The van der Waals surface area contributed by atoms with E-state index in [1.807, 2.05) is 32.1 Å². The molecule has 0 aromatic carbocycles. The molecule has 15 heavy (non-hydrogen) atoms. The maximum atomic E-state index is 10.8. The first-order valence-corrected chi connectivity index (χ1v) is 5.36. The van der Waals surface area contributed by atoms with E-state index in [1.165, 1.54) is 18.8 Å². The molecule has 2 heteroatoms. The summed E-state index contributed by atoms with van der Waals surface area (Å²) in [6, 6.07) is 0. The zero-order chi connectivity index (χ0) is 11.7. The number of rotatable bonds is 2. The Morgan fingerprint density at radius 1 is 1.53 bits per heavy atom. The molecule has 84 valence electrons. The second kappa shape index (κ2) is 8.04. The van der Waals surface area contributed by atoms with Gasteiger partial charge in [0.1, 0.15) is 0 Å². The van der Waals surface area contributed by atoms with Gasteiger partial charge in [-0.05, 0) is 17.9 Å². The molecule has 0 saturated heterocycles. The van der Waals surface area contributed by atoms with Crippen molar-refractivity contribution in [2.24, 2.45) is 5.92 Å². The van der Waals surface area contributed by atoms with E-state index in [9.17, 15) is 4.79 Å². The number of hydrogen-bond acceptors (Lipinski definition) is 2. The summed E-state index contributed by atoms with van der Waals surface area (Å²) < 4.78 is 4.50. The van der Waals surface area contributed by atoms with E-state index in [4.69, 9.17) is 0 Å². The average Bonchev–Trinajstić information content (AvgIpc) is 2.29. The predicted octanol–water partition coefficient (Wildman–Crippen LogP) is 3.26. The lowest BCUT2D eigenvalue weighted by Gasteiger charge is -2.10. The highest BCUT2D eigenvalue weighted by molar-refractivity contribution is 5.82. The van der Waals surface area contributed by atoms with E-state index in [1.54, 1.807) is 0 Å². The lowest BCUT2D eigenvalue weighted by atomic mass is 9.96. The molecule has 0 amide bonds. The van der Waals surface area contributed by atoms with Gasteiger partial charge in [0.2, 0.25) is 0 Å². The number of ether oxygens (including phenoxy) is 1. The molecule has 0 aromatic heterocycles. The van der Waals surface area contributed by atoms with E-state index in [0.717, 1.165) is 6.42 Å². The van der Waals surface area contributed by atoms with Crippen LogP contribution in [0.25, 0.3) is 0 Å². The molecular formula is C13H20O2. The first-order valence-electron chi connectivity index (χ1n) is 5.36. The van der Waals surface area contributed by atoms with Crippen LogP contribution in [-0.2, 0) is 9.53 Å². The molecule has 0 aliphatic heterocycles. The summed E-state index contributed by atoms with van der Waals surface area (Å²) in [5.41, 5.74) is 1.17. The number of esters is 1. The van der Waals surface area contributed by atoms with Crippen LogP contribution >= 0.6 is 0 Å². The monoisotopic (exact) mass is 208 g/mol. The molecule has 1 aliphatic carbocycles. The van der Waals surface area contributed by atoms with Gasteiger partial charge in [-0.3, -0.25) is 0 Å². The van der Waals surface area contributed by atoms with Crippen molar-refractivity contribution in [3.63, 3.8) is 0 Å². The number of carbonyl (C=O) groups is 1. The van der Waals surface area contributed by atoms with Crippen molar-refractivity contribution in [2.75, 3.05) is 7.11 Å². The van der Waals surface area contributed by atoms with Crippen molar-refractivity contribution >= 4 is 5.97 Å². The minimum absolute atomic E-state index is 0.303. The summed E-state index contributed by atoms with van der Waals surface area (Å²) in [4.78, 5) is 10.8. The van der Waals surface area contributed by atoms with E-state index in [0.29, 0.717) is 5.92 Å². The van der Waals surface area contributed by atoms with Crippen LogP contribution in [0, 0.1) is 5.92 Å². The Hall–Kier alpha value is -1.31. The van der Waals surface area contributed by atoms with Crippen molar-refractivity contribution in [3.8, 4) is 0 Å². The van der Waals surface area contributed by atoms with Gasteiger partial charge in [0.25, 0.3) is 0 Å². The van der Waals surface area contributed by atoms with E-state index >= 15 is 0 Å². The largest absolute Gasteiger partial charge is 0.466 e. The van der Waals surface area contributed by atoms with Crippen LogP contribution in [0.3, 0.4) is 0 Å². The van der Waals surface area contributed by atoms with Gasteiger partial charge in [-0.25, -0.2) is 4.79 Å². The van der Waals surface area contributed by atoms with Crippen molar-refractivity contribution in [3.05, 3.63) is 36.0 Å². The maximum absolute atomic E-state index is 10.8. The molecule has 1 rings (SSSR count). The summed E-state index contributed by atoms with van der Waals surface area (Å²) >= 11 is 0. The number of hydrogen-bond donors (Lipinski definition) is 0. The molecule has 0 spiro atoms. The first-order chi connectivity index (χ1) is 7.22. The second-order valence-electron chi connectivity index (χ2n) is 3.16. The lowest BCUT2D eigenvalue weighted by Crippen LogP contribution is -1.97. The smallest absolute Gasteiger partial charge is 0.330 e. The average molecular weight is 208 g/mol. The van der Waals surface area contributed by atoms with E-state index in [-0.39, 0.29) is 5.97 Å². The van der Waals surface area contributed by atoms with Crippen LogP contribution in [0.4, 0.5) is 0 Å². The molecule has 0 N–H and O–H groups in total. The number of methoxy groups -OCH3 is 1. The molecule has 0 aromatic rings. The van der Waals surface area contributed by atoms with E-state index in [2.05, 4.69) is 17.7 Å². The standard InChI is InChI=1S/C11H14O2.C2H6/c1-9-4-3-5-10(8-9)6-7-11(12)13-2;1-2/h3-7,9H,8H2,1-2H3;1-2H3/b7-6+;. The number of carbonyl (C=O) groups excluding carboxylic acids is 1. The molecule has 1 aliphatic rings. The van der Waals surface area contributed by atoms with Gasteiger partial charge in [-0.15, -0.1) is 0 Å². The van der Waals surface area contributed by atoms with Crippen LogP contribution in [-0.4, -0.2) is 13.1 Å². The molecule has 1 atom stereocenters. The Morgan fingerprint density at radius 2 is 2.20 bits per heavy atom. The highest BCUT2D eigenvalue weighted by atomic mass is 16.5. The van der Waals surface area contributed by atoms with Gasteiger partial charge in [0.05, 0.1) is 7.11 Å². The third-order valence-corrected chi connectivity index (χ3v) is 1.94. The van der Waals surface area contributed by atoms with Crippen molar-refractivity contribution in [2.45, 2.75) is 27.2 Å². The second-order valence-corrected chi connectivity index (χ2v) is 3.16. The number of allylic oxidation sites excluding steroid dienone is 5. The lowest BCUT2D eigenvalue weighted by molar-refractivity contribution is -0.134. The fourth-order valence-electron chi connectivity index (χ4n) is 1.24. The SMILES string of the molecule is CC.COC(=O)/C=C/C1=CC=CC(C)C1. The van der Waals surface area contributed by atoms with Gasteiger partial charge in [-0.1, -0.05) is 45.1 Å². The quantitative estimate of drug-likeness (QED) is 0.514. The van der Waals surface area contributed by atoms with Crippen LogP contribution < -0.4 is 0 Å². The predicted molar refractivity (Wildman–Crippen MR) is 63.5 cm³/mol. The minimum Gasteiger partial charge on any atom is -0.466 e. The van der Waals surface area contributed by atoms with Crippen LogP contribution in [0.2, 0.25) is 0 Å². The highest BCUT2D eigenvalue weighted by Gasteiger charge is 2.03. The van der Waals surface area contributed by atoms with Crippen molar-refractivity contribution in [1.82, 2.24) is 0 Å². The fraction of sp³-hybridized carbons (Fsp3) is 0.462. The molecule has 0 bridgehead atoms. The third kappa shape index (κ3) is 5.89. The summed E-state index contributed by atoms with van der Waals surface area (Å²) in [6.45, 7) is 6.15. The fourth-order valence-corrected chi connectivity index (χ4v) is 1.24. The van der Waals surface area contributed by atoms with Gasteiger partial charge < -0.3 is 4.74 Å². The normalized spacial score (nSPS) is 19.2. The first kappa shape index (κ1) is 13.7. The Kier molecular flexibility index (Phi) is 7.33. The molecule has 0 saturated carbocycles. The highest BCUT2D eigenvalue weighted by Crippen LogP contribution is 2.18. The summed E-state index contributed by atoms with van der Waals surface area (Å²) in [6.07, 6.45) is 10.4. The Labute approximate surface area is 92.3 Å². The van der Waals surface area contributed by atoms with Crippen LogP contribution in [0.15, 0.2) is 36.0 Å². The molecule has 0 heterocycles. The Bertz CT molecular complexity index is 272. The van der Waals surface area contributed by atoms with Crippen LogP contribution in [0.1, 0.15) is 27.2 Å². The Morgan fingerprint density at radius 3 is 2.73 bits per heavy atom. The topological polar surface area (TPSA) is 26.3 Å². The van der Waals surface area contributed by atoms with Crippen LogP contribution in [0.5, 0.6) is 0 Å². The molecule has 1 unspecified atom stereocenters. The molecular weight excluding hydrogens is 188 g/mol. The summed E-state index contributed by atoms with van der Waals surface area (Å²) in [7, 11) is 1.38. The van der Waals surface area contributed by atoms with E-state index < -0.39 is 0 Å².